The molecule has 7 nitrogen and oxygen atoms in total. The molecule has 104 valence electrons. The molecule has 1 aromatic heterocycles. The van der Waals surface area contributed by atoms with E-state index < -0.39 is 16.4 Å². The van der Waals surface area contributed by atoms with Crippen LogP contribution in [0.4, 0.5) is 11.5 Å². The fourth-order valence-electron chi connectivity index (χ4n) is 1.81. The van der Waals surface area contributed by atoms with E-state index in [0.717, 1.165) is 0 Å². The average molecular weight is 267 g/mol. The standard InChI is InChI=1S/C12H17N3O4/c1-4-12(5-2,11(16)17)14-10-6-9(15(18)19)8(3)7-13-10/h6-7H,4-5H2,1-3H3,(H,13,14)(H,16,17). The Bertz CT molecular complexity index is 498. The van der Waals surface area contributed by atoms with Gasteiger partial charge in [0.15, 0.2) is 0 Å². The number of nitrogens with one attached hydrogen (secondary N) is 1. The van der Waals surface area contributed by atoms with Gasteiger partial charge in [-0.15, -0.1) is 0 Å². The zero-order valence-corrected chi connectivity index (χ0v) is 11.1. The van der Waals surface area contributed by atoms with Gasteiger partial charge in [0, 0.05) is 11.8 Å². The number of aliphatic carboxylic acids is 1. The molecule has 0 aromatic carbocycles. The smallest absolute Gasteiger partial charge is 0.329 e. The van der Waals surface area contributed by atoms with Crippen LogP contribution >= 0.6 is 0 Å². The Morgan fingerprint density at radius 1 is 1.53 bits per heavy atom. The molecule has 0 aliphatic heterocycles. The molecule has 7 heteroatoms. The Labute approximate surface area is 110 Å². The maximum absolute atomic E-state index is 11.3. The van der Waals surface area contributed by atoms with E-state index >= 15 is 0 Å². The van der Waals surface area contributed by atoms with Crippen molar-refractivity contribution in [2.75, 3.05) is 5.32 Å². The van der Waals surface area contributed by atoms with Crippen molar-refractivity contribution in [3.63, 3.8) is 0 Å². The van der Waals surface area contributed by atoms with E-state index in [-0.39, 0.29) is 11.5 Å². The molecular weight excluding hydrogens is 250 g/mol. The Balaban J connectivity index is 3.14. The van der Waals surface area contributed by atoms with Gasteiger partial charge >= 0.3 is 5.97 Å². The maximum atomic E-state index is 11.3. The number of nitro groups is 1. The summed E-state index contributed by atoms with van der Waals surface area (Å²) in [5.41, 5.74) is -0.802. The second kappa shape index (κ2) is 5.64. The summed E-state index contributed by atoms with van der Waals surface area (Å²) >= 11 is 0. The summed E-state index contributed by atoms with van der Waals surface area (Å²) in [5, 5.41) is 22.9. The van der Waals surface area contributed by atoms with Gasteiger partial charge in [-0.3, -0.25) is 10.1 Å². The van der Waals surface area contributed by atoms with Crippen LogP contribution in [0.2, 0.25) is 0 Å². The highest BCUT2D eigenvalue weighted by Gasteiger charge is 2.35. The van der Waals surface area contributed by atoms with Crippen molar-refractivity contribution in [1.82, 2.24) is 4.98 Å². The highest BCUT2D eigenvalue weighted by molar-refractivity contribution is 5.82. The summed E-state index contributed by atoms with van der Waals surface area (Å²) in [6.07, 6.45) is 2.06. The van der Waals surface area contributed by atoms with E-state index in [1.54, 1.807) is 20.8 Å². The van der Waals surface area contributed by atoms with Gasteiger partial charge in [-0.1, -0.05) is 13.8 Å². The summed E-state index contributed by atoms with van der Waals surface area (Å²) < 4.78 is 0. The lowest BCUT2D eigenvalue weighted by molar-refractivity contribution is -0.385. The Morgan fingerprint density at radius 3 is 2.53 bits per heavy atom. The first kappa shape index (κ1) is 14.9. The van der Waals surface area contributed by atoms with Gasteiger partial charge in [0.05, 0.1) is 11.0 Å². The normalized spacial score (nSPS) is 11.1. The van der Waals surface area contributed by atoms with Crippen LogP contribution in [0, 0.1) is 17.0 Å². The molecule has 19 heavy (non-hydrogen) atoms. The molecule has 2 N–H and O–H groups in total. The van der Waals surface area contributed by atoms with Crippen LogP contribution in [0.25, 0.3) is 0 Å². The minimum Gasteiger partial charge on any atom is -0.480 e. The van der Waals surface area contributed by atoms with Crippen LogP contribution in [-0.4, -0.2) is 26.5 Å². The number of aryl methyl sites for hydroxylation is 1. The van der Waals surface area contributed by atoms with E-state index in [9.17, 15) is 20.0 Å². The Hall–Kier alpha value is -2.18. The molecule has 0 unspecified atom stereocenters. The van der Waals surface area contributed by atoms with Crippen LogP contribution in [0.15, 0.2) is 12.3 Å². The van der Waals surface area contributed by atoms with E-state index in [1.165, 1.54) is 12.3 Å². The van der Waals surface area contributed by atoms with Crippen molar-refractivity contribution in [2.24, 2.45) is 0 Å². The minimum atomic E-state index is -1.16. The first-order chi connectivity index (χ1) is 8.86. The largest absolute Gasteiger partial charge is 0.480 e. The third-order valence-electron chi connectivity index (χ3n) is 3.26. The second-order valence-electron chi connectivity index (χ2n) is 4.33. The second-order valence-corrected chi connectivity index (χ2v) is 4.33. The van der Waals surface area contributed by atoms with Crippen LogP contribution < -0.4 is 5.32 Å². The molecule has 0 spiro atoms. The van der Waals surface area contributed by atoms with Gasteiger partial charge in [0.1, 0.15) is 11.4 Å². The molecule has 0 radical (unpaired) electrons. The zero-order chi connectivity index (χ0) is 14.6. The number of carbonyl (C=O) groups is 1. The SMILES string of the molecule is CCC(CC)(Nc1cc([N+](=O)[O-])c(C)cn1)C(=O)O. The molecule has 0 bridgehead atoms. The summed E-state index contributed by atoms with van der Waals surface area (Å²) in [7, 11) is 0. The molecule has 0 saturated carbocycles. The fraction of sp³-hybridized carbons (Fsp3) is 0.500. The number of carboxylic acids is 1. The summed E-state index contributed by atoms with van der Waals surface area (Å²) in [6, 6.07) is 1.26. The predicted octanol–water partition coefficient (Wildman–Crippen LogP) is 2.35. The fourth-order valence-corrected chi connectivity index (χ4v) is 1.81. The van der Waals surface area contributed by atoms with Gasteiger partial charge in [0.25, 0.3) is 5.69 Å². The lowest BCUT2D eigenvalue weighted by atomic mass is 9.93. The summed E-state index contributed by atoms with van der Waals surface area (Å²) in [6.45, 7) is 5.07. The lowest BCUT2D eigenvalue weighted by Gasteiger charge is -2.28. The number of nitrogens with zero attached hydrogens (tertiary/aromatic N) is 2. The van der Waals surface area contributed by atoms with Crippen molar-refractivity contribution in [3.05, 3.63) is 27.9 Å². The van der Waals surface area contributed by atoms with Crippen LogP contribution in [0.5, 0.6) is 0 Å². The summed E-state index contributed by atoms with van der Waals surface area (Å²) in [4.78, 5) is 25.7. The van der Waals surface area contributed by atoms with E-state index in [2.05, 4.69) is 10.3 Å². The molecule has 1 heterocycles. The van der Waals surface area contributed by atoms with Gasteiger partial charge in [-0.2, -0.15) is 0 Å². The molecule has 0 amide bonds. The third-order valence-corrected chi connectivity index (χ3v) is 3.26. The molecule has 0 atom stereocenters. The van der Waals surface area contributed by atoms with Gasteiger partial charge in [0.2, 0.25) is 0 Å². The van der Waals surface area contributed by atoms with Crippen molar-refractivity contribution in [2.45, 2.75) is 39.2 Å². The van der Waals surface area contributed by atoms with Gasteiger partial charge in [-0.05, 0) is 19.8 Å². The lowest BCUT2D eigenvalue weighted by Crippen LogP contribution is -2.45. The Kier molecular flexibility index (Phi) is 4.42. The van der Waals surface area contributed by atoms with E-state index in [4.69, 9.17) is 0 Å². The number of hydrogen-bond acceptors (Lipinski definition) is 5. The van der Waals surface area contributed by atoms with Gasteiger partial charge in [-0.25, -0.2) is 9.78 Å². The van der Waals surface area contributed by atoms with Crippen molar-refractivity contribution < 1.29 is 14.8 Å². The van der Waals surface area contributed by atoms with Gasteiger partial charge < -0.3 is 10.4 Å². The van der Waals surface area contributed by atoms with Crippen LogP contribution in [-0.2, 0) is 4.79 Å². The quantitative estimate of drug-likeness (QED) is 0.605. The third kappa shape index (κ3) is 2.98. The molecule has 1 aromatic rings. The van der Waals surface area contributed by atoms with Crippen molar-refractivity contribution in [1.29, 1.82) is 0 Å². The molecule has 0 fully saturated rings. The first-order valence-electron chi connectivity index (χ1n) is 5.99. The number of hydrogen-bond donors (Lipinski definition) is 2. The minimum absolute atomic E-state index is 0.0796. The van der Waals surface area contributed by atoms with Crippen molar-refractivity contribution >= 4 is 17.5 Å². The van der Waals surface area contributed by atoms with E-state index in [1.807, 2.05) is 0 Å². The molecular formula is C12H17N3O4. The topological polar surface area (TPSA) is 105 Å². The highest BCUT2D eigenvalue weighted by Crippen LogP contribution is 2.25. The summed E-state index contributed by atoms with van der Waals surface area (Å²) in [5.74, 6) is -0.800. The number of carboxylic acid groups (broad SMARTS) is 1. The number of rotatable bonds is 6. The molecule has 0 aliphatic rings. The average Bonchev–Trinajstić information content (AvgIpc) is 2.37. The number of pyridine rings is 1. The number of anilines is 1. The highest BCUT2D eigenvalue weighted by atomic mass is 16.6. The van der Waals surface area contributed by atoms with Crippen molar-refractivity contribution in [3.8, 4) is 0 Å². The van der Waals surface area contributed by atoms with Crippen LogP contribution in [0.3, 0.4) is 0 Å². The molecule has 1 rings (SSSR count). The molecule has 0 saturated heterocycles. The first-order valence-corrected chi connectivity index (χ1v) is 5.99. The maximum Gasteiger partial charge on any atom is 0.329 e. The zero-order valence-electron chi connectivity index (χ0n) is 11.1. The van der Waals surface area contributed by atoms with E-state index in [0.29, 0.717) is 18.4 Å². The Morgan fingerprint density at radius 2 is 2.11 bits per heavy atom. The number of aromatic nitrogens is 1. The monoisotopic (exact) mass is 267 g/mol. The van der Waals surface area contributed by atoms with Crippen LogP contribution in [0.1, 0.15) is 32.3 Å². The predicted molar refractivity (Wildman–Crippen MR) is 70.2 cm³/mol. The molecule has 0 aliphatic carbocycles.